The number of anilines is 1. The molecule has 1 heterocycles. The lowest BCUT2D eigenvalue weighted by atomic mass is 10.1. The molecule has 0 spiro atoms. The van der Waals surface area contributed by atoms with Crippen LogP contribution >= 0.6 is 0 Å². The summed E-state index contributed by atoms with van der Waals surface area (Å²) >= 11 is 0. The van der Waals surface area contributed by atoms with Crippen LogP contribution in [0.1, 0.15) is 18.1 Å². The van der Waals surface area contributed by atoms with Gasteiger partial charge in [0, 0.05) is 17.7 Å². The zero-order valence-electron chi connectivity index (χ0n) is 14.7. The molecule has 5 nitrogen and oxygen atoms in total. The number of hydrogen-bond acceptors (Lipinski definition) is 3. The first-order valence-electron chi connectivity index (χ1n) is 8.93. The van der Waals surface area contributed by atoms with Crippen molar-refractivity contribution in [3.8, 4) is 11.3 Å². The van der Waals surface area contributed by atoms with E-state index in [0.717, 1.165) is 24.1 Å². The second-order valence-corrected chi connectivity index (χ2v) is 6.78. The topological polar surface area (TPSA) is 69.8 Å². The quantitative estimate of drug-likeness (QED) is 0.665. The average molecular weight is 346 g/mol. The lowest BCUT2D eigenvalue weighted by Gasteiger charge is -2.18. The molecule has 1 aliphatic rings. The van der Waals surface area contributed by atoms with Crippen LogP contribution in [0.5, 0.6) is 0 Å². The molecule has 0 bridgehead atoms. The molecule has 0 unspecified atom stereocenters. The van der Waals surface area contributed by atoms with Crippen molar-refractivity contribution >= 4 is 11.7 Å². The molecular formula is C21H22N4O. The van der Waals surface area contributed by atoms with Gasteiger partial charge in [0.15, 0.2) is 0 Å². The molecule has 3 N–H and O–H groups in total. The summed E-state index contributed by atoms with van der Waals surface area (Å²) in [5.74, 6) is 0.543. The van der Waals surface area contributed by atoms with Crippen LogP contribution in [0.15, 0.2) is 60.7 Å². The molecule has 0 saturated heterocycles. The summed E-state index contributed by atoms with van der Waals surface area (Å²) < 4.78 is 0. The Labute approximate surface area is 152 Å². The number of H-pyrrole nitrogens is 1. The Bertz CT molecular complexity index is 878. The number of carbonyl (C=O) groups excluding carboxylic acids is 1. The van der Waals surface area contributed by atoms with E-state index in [4.69, 9.17) is 0 Å². The van der Waals surface area contributed by atoms with E-state index in [9.17, 15) is 4.79 Å². The molecule has 0 radical (unpaired) electrons. The van der Waals surface area contributed by atoms with Gasteiger partial charge in [0.25, 0.3) is 0 Å². The van der Waals surface area contributed by atoms with E-state index in [-0.39, 0.29) is 11.9 Å². The van der Waals surface area contributed by atoms with Crippen molar-refractivity contribution < 1.29 is 4.79 Å². The maximum absolute atomic E-state index is 12.5. The fraction of sp³-hybridized carbons (Fsp3) is 0.238. The van der Waals surface area contributed by atoms with E-state index in [1.54, 1.807) is 0 Å². The third-order valence-corrected chi connectivity index (χ3v) is 4.84. The van der Waals surface area contributed by atoms with Gasteiger partial charge in [-0.05, 0) is 30.9 Å². The Kier molecular flexibility index (Phi) is 4.54. The van der Waals surface area contributed by atoms with Crippen molar-refractivity contribution in [1.82, 2.24) is 15.5 Å². The van der Waals surface area contributed by atoms with Crippen LogP contribution < -0.4 is 10.6 Å². The molecule has 4 rings (SSSR count). The number of nitrogens with one attached hydrogen (secondary N) is 3. The van der Waals surface area contributed by atoms with Crippen LogP contribution in [0, 0.1) is 0 Å². The summed E-state index contributed by atoms with van der Waals surface area (Å²) in [4.78, 5) is 12.5. The number of hydrogen-bond donors (Lipinski definition) is 3. The van der Waals surface area contributed by atoms with Crippen molar-refractivity contribution in [2.45, 2.75) is 31.8 Å². The molecule has 0 aliphatic heterocycles. The third kappa shape index (κ3) is 3.53. The smallest absolute Gasteiger partial charge is 0.242 e. The van der Waals surface area contributed by atoms with Crippen molar-refractivity contribution in [3.05, 3.63) is 71.8 Å². The lowest BCUT2D eigenvalue weighted by molar-refractivity contribution is -0.118. The average Bonchev–Trinajstić information content (AvgIpc) is 3.28. The summed E-state index contributed by atoms with van der Waals surface area (Å²) in [7, 11) is 0. The Morgan fingerprint density at radius 1 is 1.08 bits per heavy atom. The van der Waals surface area contributed by atoms with E-state index < -0.39 is 0 Å². The van der Waals surface area contributed by atoms with Crippen LogP contribution in [0.3, 0.4) is 0 Å². The maximum atomic E-state index is 12.5. The van der Waals surface area contributed by atoms with Crippen molar-refractivity contribution in [2.75, 3.05) is 5.32 Å². The maximum Gasteiger partial charge on any atom is 0.242 e. The summed E-state index contributed by atoms with van der Waals surface area (Å²) in [6.45, 7) is 1.90. The van der Waals surface area contributed by atoms with Gasteiger partial charge in [0.05, 0.1) is 11.7 Å². The van der Waals surface area contributed by atoms with Gasteiger partial charge in [0.2, 0.25) is 5.91 Å². The van der Waals surface area contributed by atoms with E-state index in [1.165, 1.54) is 11.1 Å². The van der Waals surface area contributed by atoms with E-state index in [1.807, 2.05) is 43.3 Å². The minimum Gasteiger partial charge on any atom is -0.310 e. The van der Waals surface area contributed by atoms with Gasteiger partial charge in [-0.15, -0.1) is 0 Å². The lowest BCUT2D eigenvalue weighted by Crippen LogP contribution is -2.44. The predicted molar refractivity (Wildman–Crippen MR) is 103 cm³/mol. The highest BCUT2D eigenvalue weighted by Gasteiger charge is 2.24. The number of benzene rings is 2. The summed E-state index contributed by atoms with van der Waals surface area (Å²) in [6.07, 6.45) is 1.94. The van der Waals surface area contributed by atoms with Crippen molar-refractivity contribution in [3.63, 3.8) is 0 Å². The van der Waals surface area contributed by atoms with Gasteiger partial charge in [-0.2, -0.15) is 5.10 Å². The highest BCUT2D eigenvalue weighted by atomic mass is 16.2. The highest BCUT2D eigenvalue weighted by molar-refractivity contribution is 5.94. The van der Waals surface area contributed by atoms with E-state index in [2.05, 4.69) is 45.1 Å². The standard InChI is InChI=1S/C21H22N4O/c1-14(22-18-11-16-9-5-6-10-17(16)12-18)21(26)23-20-13-19(24-25-20)15-7-3-2-4-8-15/h2-10,13-14,18,22H,11-12H2,1H3,(H2,23,24,25,26)/t14-/m0/s1. The Morgan fingerprint density at radius 2 is 1.73 bits per heavy atom. The van der Waals surface area contributed by atoms with Crippen molar-refractivity contribution in [2.24, 2.45) is 0 Å². The van der Waals surface area contributed by atoms with E-state index in [0.29, 0.717) is 11.9 Å². The van der Waals surface area contributed by atoms with Crippen LogP contribution in [-0.4, -0.2) is 28.2 Å². The van der Waals surface area contributed by atoms with Gasteiger partial charge in [-0.25, -0.2) is 0 Å². The number of aromatic nitrogens is 2. The minimum absolute atomic E-state index is 0.0655. The fourth-order valence-electron chi connectivity index (χ4n) is 3.49. The first kappa shape index (κ1) is 16.5. The number of aromatic amines is 1. The zero-order chi connectivity index (χ0) is 17.9. The first-order chi connectivity index (χ1) is 12.7. The van der Waals surface area contributed by atoms with Crippen molar-refractivity contribution in [1.29, 1.82) is 0 Å². The highest BCUT2D eigenvalue weighted by Crippen LogP contribution is 2.22. The molecule has 0 fully saturated rings. The molecule has 26 heavy (non-hydrogen) atoms. The molecule has 0 saturated carbocycles. The monoisotopic (exact) mass is 346 g/mol. The second-order valence-electron chi connectivity index (χ2n) is 6.78. The molecule has 5 heteroatoms. The molecule has 2 aromatic carbocycles. The predicted octanol–water partition coefficient (Wildman–Crippen LogP) is 3.16. The Morgan fingerprint density at radius 3 is 2.42 bits per heavy atom. The molecule has 3 aromatic rings. The van der Waals surface area contributed by atoms with E-state index >= 15 is 0 Å². The largest absolute Gasteiger partial charge is 0.310 e. The number of rotatable bonds is 5. The SMILES string of the molecule is C[C@H](NC1Cc2ccccc2C1)C(=O)Nc1cc(-c2ccccc2)n[nH]1. The summed E-state index contributed by atoms with van der Waals surface area (Å²) in [6, 6.07) is 20.2. The van der Waals surface area contributed by atoms with Crippen LogP contribution in [0.25, 0.3) is 11.3 Å². The number of amides is 1. The third-order valence-electron chi connectivity index (χ3n) is 4.84. The number of nitrogens with zero attached hydrogens (tertiary/aromatic N) is 1. The van der Waals surface area contributed by atoms with Gasteiger partial charge in [-0.1, -0.05) is 54.6 Å². The van der Waals surface area contributed by atoms with Crippen LogP contribution in [0.4, 0.5) is 5.82 Å². The molecule has 132 valence electrons. The molecule has 1 aromatic heterocycles. The van der Waals surface area contributed by atoms with Crippen LogP contribution in [0.2, 0.25) is 0 Å². The van der Waals surface area contributed by atoms with Gasteiger partial charge in [-0.3, -0.25) is 9.89 Å². The molecule has 1 aliphatic carbocycles. The summed E-state index contributed by atoms with van der Waals surface area (Å²) in [5.41, 5.74) is 4.57. The number of fused-ring (bicyclic) bond motifs is 1. The zero-order valence-corrected chi connectivity index (χ0v) is 14.7. The van der Waals surface area contributed by atoms with Gasteiger partial charge < -0.3 is 10.6 Å². The van der Waals surface area contributed by atoms with Gasteiger partial charge >= 0.3 is 0 Å². The van der Waals surface area contributed by atoms with Gasteiger partial charge in [0.1, 0.15) is 5.82 Å². The summed E-state index contributed by atoms with van der Waals surface area (Å²) in [5, 5.41) is 13.5. The fourth-order valence-corrected chi connectivity index (χ4v) is 3.49. The Hall–Kier alpha value is -2.92. The van der Waals surface area contributed by atoms with Crippen LogP contribution in [-0.2, 0) is 17.6 Å². The molecular weight excluding hydrogens is 324 g/mol. The minimum atomic E-state index is -0.280. The Balaban J connectivity index is 1.34. The number of carbonyl (C=O) groups is 1. The molecule has 1 atom stereocenters. The molecule has 1 amide bonds. The second kappa shape index (κ2) is 7.14. The first-order valence-corrected chi connectivity index (χ1v) is 8.93. The normalized spacial score (nSPS) is 14.8.